The van der Waals surface area contributed by atoms with Crippen LogP contribution in [0.1, 0.15) is 38.3 Å². The Labute approximate surface area is 275 Å². The molecule has 0 unspecified atom stereocenters. The third kappa shape index (κ3) is 9.16. The van der Waals surface area contributed by atoms with Crippen molar-refractivity contribution in [2.75, 3.05) is 17.5 Å². The van der Waals surface area contributed by atoms with Crippen LogP contribution in [-0.4, -0.2) is 50.4 Å². The van der Waals surface area contributed by atoms with Crippen LogP contribution in [0.5, 0.6) is 5.75 Å². The fourth-order valence-corrected chi connectivity index (χ4v) is 6.36. The fraction of sp³-hybridized carbons (Fsp3) is 0.278. The summed E-state index contributed by atoms with van der Waals surface area (Å²) in [6, 6.07) is 24.1. The van der Waals surface area contributed by atoms with Gasteiger partial charge in [-0.2, -0.15) is 0 Å². The minimum atomic E-state index is -4.43. The molecule has 0 aromatic heterocycles. The molecule has 0 bridgehead atoms. The van der Waals surface area contributed by atoms with Crippen LogP contribution in [0.3, 0.4) is 0 Å². The van der Waals surface area contributed by atoms with Gasteiger partial charge in [-0.3, -0.25) is 13.9 Å². The Bertz CT molecular complexity index is 1740. The van der Waals surface area contributed by atoms with E-state index in [0.29, 0.717) is 18.8 Å². The van der Waals surface area contributed by atoms with Crippen molar-refractivity contribution in [3.63, 3.8) is 0 Å². The summed E-state index contributed by atoms with van der Waals surface area (Å²) in [5.41, 5.74) is 1.05. The number of ether oxygens (including phenoxy) is 1. The number of anilines is 1. The van der Waals surface area contributed by atoms with Crippen LogP contribution < -0.4 is 14.4 Å². The second kappa shape index (κ2) is 16.2. The Morgan fingerprint density at radius 1 is 0.851 bits per heavy atom. The van der Waals surface area contributed by atoms with E-state index in [4.69, 9.17) is 4.74 Å². The zero-order chi connectivity index (χ0) is 34.0. The number of sulfonamides is 1. The molecule has 0 radical (unpaired) electrons. The predicted molar refractivity (Wildman–Crippen MR) is 177 cm³/mol. The lowest BCUT2D eigenvalue weighted by atomic mass is 10.0. The van der Waals surface area contributed by atoms with Gasteiger partial charge in [0.05, 0.1) is 17.2 Å². The molecule has 0 heterocycles. The number of benzene rings is 4. The quantitative estimate of drug-likeness (QED) is 0.166. The molecule has 4 aromatic rings. The normalized spacial score (nSPS) is 12.5. The van der Waals surface area contributed by atoms with Crippen LogP contribution >= 0.6 is 0 Å². The molecule has 0 saturated carbocycles. The maximum Gasteiger partial charge on any atom is 0.264 e. The molecule has 4 aromatic carbocycles. The van der Waals surface area contributed by atoms with Crippen molar-refractivity contribution in [2.45, 2.75) is 57.1 Å². The van der Waals surface area contributed by atoms with Gasteiger partial charge in [0, 0.05) is 24.6 Å². The van der Waals surface area contributed by atoms with Crippen molar-refractivity contribution in [1.29, 1.82) is 0 Å². The molecular weight excluding hydrogens is 624 g/mol. The molecule has 11 heteroatoms. The Kier molecular flexibility index (Phi) is 12.1. The van der Waals surface area contributed by atoms with Gasteiger partial charge in [-0.15, -0.1) is 0 Å². The first-order chi connectivity index (χ1) is 22.5. The van der Waals surface area contributed by atoms with Crippen LogP contribution in [0.25, 0.3) is 0 Å². The van der Waals surface area contributed by atoms with Gasteiger partial charge in [0.1, 0.15) is 30.0 Å². The van der Waals surface area contributed by atoms with Crippen molar-refractivity contribution in [3.8, 4) is 5.75 Å². The van der Waals surface area contributed by atoms with Crippen molar-refractivity contribution >= 4 is 27.5 Å². The van der Waals surface area contributed by atoms with Gasteiger partial charge in [-0.25, -0.2) is 17.2 Å². The van der Waals surface area contributed by atoms with Gasteiger partial charge in [0.15, 0.2) is 0 Å². The Morgan fingerprint density at radius 2 is 1.49 bits per heavy atom. The van der Waals surface area contributed by atoms with Crippen LogP contribution in [0.15, 0.2) is 108 Å². The summed E-state index contributed by atoms with van der Waals surface area (Å²) in [5.74, 6) is -1.91. The molecule has 2 atom stereocenters. The van der Waals surface area contributed by atoms with Crippen LogP contribution in [0.4, 0.5) is 14.5 Å². The van der Waals surface area contributed by atoms with Crippen LogP contribution in [0, 0.1) is 11.6 Å². The van der Waals surface area contributed by atoms with E-state index in [2.05, 4.69) is 5.32 Å². The predicted octanol–water partition coefficient (Wildman–Crippen LogP) is 6.11. The molecule has 248 valence electrons. The number of carbonyl (C=O) groups is 2. The number of hydrogen-bond acceptors (Lipinski definition) is 5. The smallest absolute Gasteiger partial charge is 0.264 e. The monoisotopic (exact) mass is 663 g/mol. The van der Waals surface area contributed by atoms with E-state index >= 15 is 4.39 Å². The molecule has 1 N–H and O–H groups in total. The first kappa shape index (κ1) is 35.1. The van der Waals surface area contributed by atoms with Gasteiger partial charge >= 0.3 is 0 Å². The lowest BCUT2D eigenvalue weighted by Crippen LogP contribution is -2.54. The van der Waals surface area contributed by atoms with E-state index in [-0.39, 0.29) is 35.2 Å². The van der Waals surface area contributed by atoms with E-state index in [1.807, 2.05) is 51.1 Å². The number of rotatable bonds is 15. The minimum Gasteiger partial charge on any atom is -0.494 e. The van der Waals surface area contributed by atoms with Crippen molar-refractivity contribution in [1.82, 2.24) is 10.2 Å². The molecule has 8 nitrogen and oxygen atoms in total. The lowest BCUT2D eigenvalue weighted by Gasteiger charge is -2.34. The largest absolute Gasteiger partial charge is 0.494 e. The molecule has 0 aliphatic carbocycles. The van der Waals surface area contributed by atoms with E-state index in [9.17, 15) is 22.4 Å². The number of hydrogen-bond donors (Lipinski definition) is 1. The third-order valence-electron chi connectivity index (χ3n) is 7.69. The summed E-state index contributed by atoms with van der Waals surface area (Å²) < 4.78 is 63.4. The Hall–Kier alpha value is -4.77. The van der Waals surface area contributed by atoms with Gasteiger partial charge in [-0.05, 0) is 80.4 Å². The molecule has 0 fully saturated rings. The van der Waals surface area contributed by atoms with E-state index in [0.717, 1.165) is 34.1 Å². The van der Waals surface area contributed by atoms with E-state index < -0.39 is 46.1 Å². The highest BCUT2D eigenvalue weighted by Crippen LogP contribution is 2.27. The number of amides is 2. The molecule has 4 rings (SSSR count). The van der Waals surface area contributed by atoms with Crippen LogP contribution in [-0.2, 0) is 32.6 Å². The molecule has 0 spiro atoms. The average molecular weight is 664 g/mol. The molecule has 2 amide bonds. The second-order valence-corrected chi connectivity index (χ2v) is 12.9. The zero-order valence-corrected chi connectivity index (χ0v) is 27.4. The first-order valence-corrected chi connectivity index (χ1v) is 16.9. The highest BCUT2D eigenvalue weighted by atomic mass is 32.2. The summed E-state index contributed by atoms with van der Waals surface area (Å²) >= 11 is 0. The Balaban J connectivity index is 1.81. The maximum atomic E-state index is 15.1. The van der Waals surface area contributed by atoms with E-state index in [1.54, 1.807) is 18.2 Å². The van der Waals surface area contributed by atoms with Gasteiger partial charge in [0.2, 0.25) is 11.8 Å². The lowest BCUT2D eigenvalue weighted by molar-refractivity contribution is -0.140. The molecule has 0 aliphatic heterocycles. The third-order valence-corrected chi connectivity index (χ3v) is 9.47. The number of carbonyl (C=O) groups excluding carboxylic acids is 2. The highest BCUT2D eigenvalue weighted by Gasteiger charge is 2.35. The van der Waals surface area contributed by atoms with Gasteiger partial charge in [0.25, 0.3) is 10.0 Å². The fourth-order valence-electron chi connectivity index (χ4n) is 4.94. The topological polar surface area (TPSA) is 96.0 Å². The SMILES string of the molecule is CCOc1ccc(N(CC(=O)N(Cc2ccccc2F)[C@@H](Cc2ccccc2)C(=O)N[C@@H](C)CC)S(=O)(=O)c2ccc(F)cc2)cc1. The molecule has 0 saturated heterocycles. The summed E-state index contributed by atoms with van der Waals surface area (Å²) in [6.07, 6.45) is 0.726. The first-order valence-electron chi connectivity index (χ1n) is 15.4. The number of nitrogens with zero attached hydrogens (tertiary/aromatic N) is 2. The maximum absolute atomic E-state index is 15.1. The number of halogens is 2. The van der Waals surface area contributed by atoms with Crippen molar-refractivity contribution < 1.29 is 31.5 Å². The summed E-state index contributed by atoms with van der Waals surface area (Å²) in [6.45, 7) is 4.92. The summed E-state index contributed by atoms with van der Waals surface area (Å²) in [4.78, 5) is 29.3. The standard InChI is InChI=1S/C36H39F2N3O5S/c1-4-26(3)39-36(43)34(23-27-11-7-6-8-12-27)40(24-28-13-9-10-14-33(28)38)35(42)25-41(30-17-19-31(20-18-30)46-5-2)47(44,45)32-21-15-29(37)16-22-32/h6-22,26,34H,4-5,23-25H2,1-3H3,(H,39,43)/t26-,34-/m0/s1. The average Bonchev–Trinajstić information content (AvgIpc) is 3.07. The molecule has 47 heavy (non-hydrogen) atoms. The van der Waals surface area contributed by atoms with Gasteiger partial charge < -0.3 is 15.0 Å². The zero-order valence-electron chi connectivity index (χ0n) is 26.6. The van der Waals surface area contributed by atoms with Crippen molar-refractivity contribution in [3.05, 3.63) is 126 Å². The molecule has 0 aliphatic rings. The van der Waals surface area contributed by atoms with Gasteiger partial charge in [-0.1, -0.05) is 55.5 Å². The van der Waals surface area contributed by atoms with E-state index in [1.165, 1.54) is 35.2 Å². The van der Waals surface area contributed by atoms with Crippen molar-refractivity contribution in [2.24, 2.45) is 0 Å². The number of nitrogens with one attached hydrogen (secondary N) is 1. The molecular formula is C36H39F2N3O5S. The Morgan fingerprint density at radius 3 is 2.11 bits per heavy atom. The minimum absolute atomic E-state index is 0.0943. The highest BCUT2D eigenvalue weighted by molar-refractivity contribution is 7.92. The second-order valence-electron chi connectivity index (χ2n) is 11.0. The summed E-state index contributed by atoms with van der Waals surface area (Å²) in [7, 11) is -4.43. The van der Waals surface area contributed by atoms with Crippen LogP contribution in [0.2, 0.25) is 0 Å². The summed E-state index contributed by atoms with van der Waals surface area (Å²) in [5, 5.41) is 2.94.